The fraction of sp³-hybridized carbons (Fsp3) is 0.600. The van der Waals surface area contributed by atoms with Gasteiger partial charge in [0.05, 0.1) is 27.3 Å². The summed E-state index contributed by atoms with van der Waals surface area (Å²) in [6, 6.07) is 0. The molecule has 0 aliphatic carbocycles. The number of rotatable bonds is 1. The Balaban J connectivity index is -0.000000125. The van der Waals surface area contributed by atoms with Gasteiger partial charge in [-0.05, 0) is 6.58 Å². The molecule has 0 radical (unpaired) electrons. The summed E-state index contributed by atoms with van der Waals surface area (Å²) in [5.41, 5.74) is 0. The molecule has 0 unspecified atom stereocenters. The van der Waals surface area contributed by atoms with Crippen LogP contribution in [0.15, 0.2) is 12.8 Å². The molecule has 0 amide bonds. The van der Waals surface area contributed by atoms with Gasteiger partial charge in [0.2, 0.25) is 0 Å². The van der Waals surface area contributed by atoms with Crippen LogP contribution in [0.3, 0.4) is 0 Å². The van der Waals surface area contributed by atoms with Crippen molar-refractivity contribution < 1.29 is 9.96 Å². The van der Waals surface area contributed by atoms with Gasteiger partial charge in [-0.3, -0.25) is 0 Å². The molecule has 2 nitrogen and oxygen atoms in total. The summed E-state index contributed by atoms with van der Waals surface area (Å²) >= 11 is 0. The smallest absolute Gasteiger partial charge is 0.870 e. The van der Waals surface area contributed by atoms with E-state index in [1.807, 2.05) is 6.20 Å². The van der Waals surface area contributed by atoms with Crippen LogP contribution in [0.2, 0.25) is 0 Å². The summed E-state index contributed by atoms with van der Waals surface area (Å²) < 4.78 is 0.833. The quantitative estimate of drug-likeness (QED) is 0.369. The number of hydrogen-bond acceptors (Lipinski definition) is 1. The van der Waals surface area contributed by atoms with Crippen molar-refractivity contribution >= 4 is 37.7 Å². The molecule has 0 aliphatic rings. The van der Waals surface area contributed by atoms with Crippen LogP contribution in [0.25, 0.3) is 0 Å². The summed E-state index contributed by atoms with van der Waals surface area (Å²) in [5, 5.41) is 0. The largest absolute Gasteiger partial charge is 0.870 e. The standard InChI is InChI=1S/C5H12N.Ca.H2O.2H/c1-5-6(2,3)4;;;;/h5H,1H2,2-4H3;;1H2;;/q+1;;;;/p-1. The van der Waals surface area contributed by atoms with Gasteiger partial charge in [0.1, 0.15) is 0 Å². The van der Waals surface area contributed by atoms with Crippen LogP contribution in [0.1, 0.15) is 0 Å². The van der Waals surface area contributed by atoms with E-state index in [9.17, 15) is 0 Å². The zero-order chi connectivity index (χ0) is 5.21. The van der Waals surface area contributed by atoms with Crippen LogP contribution in [-0.4, -0.2) is 68.8 Å². The normalized spacial score (nSPS) is 8.38. The fourth-order valence-electron chi connectivity index (χ4n) is 0. The second-order valence-electron chi connectivity index (χ2n) is 2.30. The average molecular weight is 145 g/mol. The molecule has 0 rings (SSSR count). The van der Waals surface area contributed by atoms with Gasteiger partial charge in [0.25, 0.3) is 0 Å². The van der Waals surface area contributed by atoms with E-state index in [4.69, 9.17) is 0 Å². The predicted octanol–water partition coefficient (Wildman–Crippen LogP) is -0.257. The minimum absolute atomic E-state index is 0. The third-order valence-corrected chi connectivity index (χ3v) is 0.548. The van der Waals surface area contributed by atoms with Crippen molar-refractivity contribution in [3.63, 3.8) is 0 Å². The van der Waals surface area contributed by atoms with E-state index in [1.165, 1.54) is 0 Å². The topological polar surface area (TPSA) is 30.0 Å². The van der Waals surface area contributed by atoms with Crippen molar-refractivity contribution in [1.29, 1.82) is 0 Å². The van der Waals surface area contributed by atoms with E-state index in [2.05, 4.69) is 27.7 Å². The monoisotopic (exact) mass is 145 g/mol. The summed E-state index contributed by atoms with van der Waals surface area (Å²) in [5.74, 6) is 0. The molecule has 1 N–H and O–H groups in total. The van der Waals surface area contributed by atoms with Crippen molar-refractivity contribution in [2.24, 2.45) is 0 Å². The fourth-order valence-corrected chi connectivity index (χ4v) is 0. The third-order valence-electron chi connectivity index (χ3n) is 0.548. The molecule has 0 saturated carbocycles. The molecule has 0 aromatic heterocycles. The molecule has 0 bridgehead atoms. The summed E-state index contributed by atoms with van der Waals surface area (Å²) in [6.07, 6.45) is 1.88. The van der Waals surface area contributed by atoms with Crippen LogP contribution in [0.5, 0.6) is 0 Å². The van der Waals surface area contributed by atoms with Crippen LogP contribution in [0.4, 0.5) is 0 Å². The van der Waals surface area contributed by atoms with E-state index >= 15 is 0 Å². The molecule has 0 saturated heterocycles. The van der Waals surface area contributed by atoms with E-state index in [1.54, 1.807) is 0 Å². The third kappa shape index (κ3) is 15.8. The first kappa shape index (κ1) is 16.0. The molecule has 8 heavy (non-hydrogen) atoms. The van der Waals surface area contributed by atoms with Crippen molar-refractivity contribution in [1.82, 2.24) is 0 Å². The molecular formula is C5H15CaNO. The van der Waals surface area contributed by atoms with Gasteiger partial charge in [-0.15, -0.1) is 0 Å². The zero-order valence-corrected chi connectivity index (χ0v) is 5.18. The van der Waals surface area contributed by atoms with Gasteiger partial charge in [-0.1, -0.05) is 0 Å². The van der Waals surface area contributed by atoms with E-state index < -0.39 is 0 Å². The Kier molecular flexibility index (Phi) is 12.1. The molecule has 0 aromatic carbocycles. The van der Waals surface area contributed by atoms with Crippen molar-refractivity contribution in [3.8, 4) is 0 Å². The van der Waals surface area contributed by atoms with E-state index in [0.29, 0.717) is 0 Å². The van der Waals surface area contributed by atoms with Crippen LogP contribution < -0.4 is 0 Å². The Morgan fingerprint density at radius 1 is 1.25 bits per heavy atom. The molecule has 3 heteroatoms. The second-order valence-corrected chi connectivity index (χ2v) is 2.30. The van der Waals surface area contributed by atoms with Gasteiger partial charge in [0.15, 0.2) is 0 Å². The molecular weight excluding hydrogens is 130 g/mol. The first-order chi connectivity index (χ1) is 2.56. The molecule has 48 valence electrons. The number of quaternary nitrogens is 1. The molecule has 0 heterocycles. The van der Waals surface area contributed by atoms with Crippen LogP contribution >= 0.6 is 0 Å². The maximum absolute atomic E-state index is 3.60. The SMILES string of the molecule is C=C[N+](C)(C)C.[CaH2].[OH-]. The first-order valence-electron chi connectivity index (χ1n) is 2.01. The second kappa shape index (κ2) is 6.05. The number of nitrogens with zero attached hydrogens (tertiary/aromatic N) is 1. The van der Waals surface area contributed by atoms with Gasteiger partial charge >= 0.3 is 37.7 Å². The van der Waals surface area contributed by atoms with Gasteiger partial charge in [-0.2, -0.15) is 0 Å². The van der Waals surface area contributed by atoms with Crippen molar-refractivity contribution in [2.75, 3.05) is 21.1 Å². The Morgan fingerprint density at radius 2 is 1.38 bits per heavy atom. The summed E-state index contributed by atoms with van der Waals surface area (Å²) in [7, 11) is 6.19. The zero-order valence-electron chi connectivity index (χ0n) is 5.18. The van der Waals surface area contributed by atoms with Gasteiger partial charge < -0.3 is 9.96 Å². The van der Waals surface area contributed by atoms with E-state index in [0.717, 1.165) is 4.48 Å². The average Bonchev–Trinajstić information content (AvgIpc) is 1.35. The van der Waals surface area contributed by atoms with Crippen molar-refractivity contribution in [3.05, 3.63) is 12.8 Å². The van der Waals surface area contributed by atoms with Crippen molar-refractivity contribution in [2.45, 2.75) is 0 Å². The predicted molar refractivity (Wildman–Crippen MR) is 38.7 cm³/mol. The molecule has 0 aromatic rings. The summed E-state index contributed by atoms with van der Waals surface area (Å²) in [6.45, 7) is 3.60. The Labute approximate surface area is 81.1 Å². The molecule has 0 atom stereocenters. The maximum Gasteiger partial charge on any atom is -0.870 e. The molecule has 0 fully saturated rings. The first-order valence-corrected chi connectivity index (χ1v) is 2.01. The van der Waals surface area contributed by atoms with Gasteiger partial charge in [0, 0.05) is 0 Å². The molecule has 0 spiro atoms. The van der Waals surface area contributed by atoms with Crippen LogP contribution in [-0.2, 0) is 0 Å². The Hall–Kier alpha value is 0.920. The maximum atomic E-state index is 3.60. The van der Waals surface area contributed by atoms with Crippen LogP contribution in [0, 0.1) is 0 Å². The Bertz CT molecular complexity index is 57.9. The summed E-state index contributed by atoms with van der Waals surface area (Å²) in [4.78, 5) is 0. The minimum atomic E-state index is 0. The molecule has 0 aliphatic heterocycles. The Morgan fingerprint density at radius 3 is 1.38 bits per heavy atom. The number of hydrogen-bond donors (Lipinski definition) is 0. The van der Waals surface area contributed by atoms with E-state index in [-0.39, 0.29) is 43.2 Å². The van der Waals surface area contributed by atoms with Gasteiger partial charge in [-0.25, -0.2) is 0 Å². The minimum Gasteiger partial charge on any atom is -0.870 e.